The standard InChI is InChI=1S/C6H13NO7P2.2Na/c7-5-3-1-2-4-6(8,13-15(9)10)14-16(11)12;;/h8H,1-5,7H2;;/q;2*+1. The van der Waals surface area contributed by atoms with E-state index in [4.69, 9.17) is 5.73 Å². The first-order valence-electron chi connectivity index (χ1n) is 4.49. The van der Waals surface area contributed by atoms with E-state index in [0.29, 0.717) is 25.8 Å². The molecule has 0 fully saturated rings. The summed E-state index contributed by atoms with van der Waals surface area (Å²) in [5.41, 5.74) is 5.22. The zero-order valence-electron chi connectivity index (χ0n) is 10.4. The minimum atomic E-state index is -3.41. The Morgan fingerprint density at radius 1 is 1.06 bits per heavy atom. The normalized spacial score (nSPS) is 14.9. The Morgan fingerprint density at radius 3 is 1.83 bits per heavy atom. The predicted octanol–water partition coefficient (Wildman–Crippen LogP) is -6.77. The summed E-state index contributed by atoms with van der Waals surface area (Å²) in [6, 6.07) is 0. The quantitative estimate of drug-likeness (QED) is 0.185. The molecule has 0 aliphatic rings. The molecule has 2 unspecified atom stereocenters. The molecule has 0 saturated carbocycles. The molecule has 0 rings (SSSR count). The van der Waals surface area contributed by atoms with Crippen LogP contribution < -0.4 is 74.6 Å². The second-order valence-electron chi connectivity index (χ2n) is 2.94. The van der Waals surface area contributed by atoms with Crippen LogP contribution in [0.25, 0.3) is 0 Å². The monoisotopic (exact) mass is 319 g/mol. The molecular weight excluding hydrogens is 306 g/mol. The van der Waals surface area contributed by atoms with Crippen LogP contribution in [-0.4, -0.2) is 17.6 Å². The van der Waals surface area contributed by atoms with Crippen molar-refractivity contribution in [2.24, 2.45) is 5.73 Å². The van der Waals surface area contributed by atoms with Gasteiger partial charge < -0.3 is 20.6 Å². The van der Waals surface area contributed by atoms with Crippen LogP contribution in [0.3, 0.4) is 0 Å². The Balaban J connectivity index is -0.00000112. The third kappa shape index (κ3) is 14.4. The maximum Gasteiger partial charge on any atom is 1.00 e. The summed E-state index contributed by atoms with van der Waals surface area (Å²) in [4.78, 5) is 20.5. The first-order valence-corrected chi connectivity index (χ1v) is 6.68. The van der Waals surface area contributed by atoms with Gasteiger partial charge in [0.1, 0.15) is 0 Å². The van der Waals surface area contributed by atoms with Gasteiger partial charge >= 0.3 is 81.6 Å². The molecule has 94 valence electrons. The summed E-state index contributed by atoms with van der Waals surface area (Å²) in [6.07, 6.45) is 1.31. The van der Waals surface area contributed by atoms with Crippen LogP contribution in [0.2, 0.25) is 0 Å². The van der Waals surface area contributed by atoms with Crippen molar-refractivity contribution in [2.75, 3.05) is 6.54 Å². The molecule has 3 N–H and O–H groups in total. The minimum Gasteiger partial charge on any atom is -0.566 e. The summed E-state index contributed by atoms with van der Waals surface area (Å²) >= 11 is 0. The fourth-order valence-electron chi connectivity index (χ4n) is 1.01. The van der Waals surface area contributed by atoms with Gasteiger partial charge in [0.2, 0.25) is 0 Å². The van der Waals surface area contributed by atoms with Gasteiger partial charge in [-0.25, -0.2) is 0 Å². The molecule has 8 nitrogen and oxygen atoms in total. The van der Waals surface area contributed by atoms with Gasteiger partial charge in [0.05, 0.1) is 0 Å². The number of hydrogen-bond acceptors (Lipinski definition) is 8. The van der Waals surface area contributed by atoms with Gasteiger partial charge in [-0.05, 0) is 28.5 Å². The summed E-state index contributed by atoms with van der Waals surface area (Å²) in [6.45, 7) is 0.450. The molecule has 18 heavy (non-hydrogen) atoms. The van der Waals surface area contributed by atoms with E-state index in [1.54, 1.807) is 0 Å². The van der Waals surface area contributed by atoms with E-state index in [-0.39, 0.29) is 65.5 Å². The van der Waals surface area contributed by atoms with Crippen LogP contribution in [-0.2, 0) is 18.2 Å². The van der Waals surface area contributed by atoms with Crippen molar-refractivity contribution in [1.82, 2.24) is 0 Å². The number of unbranched alkanes of at least 4 members (excludes halogenated alkanes) is 2. The number of nitrogens with two attached hydrogens (primary N) is 1. The van der Waals surface area contributed by atoms with Gasteiger partial charge in [-0.15, -0.1) is 0 Å². The summed E-state index contributed by atoms with van der Waals surface area (Å²) in [5.74, 6) is -2.64. The minimum absolute atomic E-state index is 0. The molecule has 0 aromatic heterocycles. The molecule has 0 saturated heterocycles. The molecule has 12 heteroatoms. The van der Waals surface area contributed by atoms with Crippen LogP contribution in [0.1, 0.15) is 25.7 Å². The van der Waals surface area contributed by atoms with Gasteiger partial charge in [0.15, 0.2) is 0 Å². The Labute approximate surface area is 151 Å². The number of hydrogen-bond donors (Lipinski definition) is 2. The van der Waals surface area contributed by atoms with Crippen molar-refractivity contribution in [2.45, 2.75) is 31.7 Å². The molecule has 0 radical (unpaired) electrons. The van der Waals surface area contributed by atoms with Crippen molar-refractivity contribution in [1.29, 1.82) is 0 Å². The largest absolute Gasteiger partial charge is 1.00 e. The molecular formula is C6H13NNa2O7P2+2. The van der Waals surface area contributed by atoms with Crippen LogP contribution in [0, 0.1) is 0 Å². The van der Waals surface area contributed by atoms with Gasteiger partial charge in [0, 0.05) is 6.42 Å². The zero-order chi connectivity index (χ0) is 12.6. The Bertz CT molecular complexity index is 242. The SMILES string of the molecule is NCCCCCC(O)(O[P+](=O)[O-])O[P+](=O)[O-].[Na+].[Na+]. The van der Waals surface area contributed by atoms with E-state index in [1.807, 2.05) is 0 Å². The van der Waals surface area contributed by atoms with Gasteiger partial charge in [-0.2, -0.15) is 0 Å². The van der Waals surface area contributed by atoms with E-state index < -0.39 is 22.5 Å². The van der Waals surface area contributed by atoms with E-state index in [1.165, 1.54) is 0 Å². The molecule has 0 amide bonds. The van der Waals surface area contributed by atoms with Crippen molar-refractivity contribution in [3.05, 3.63) is 0 Å². The molecule has 0 bridgehead atoms. The van der Waals surface area contributed by atoms with Crippen molar-refractivity contribution < 1.29 is 92.2 Å². The van der Waals surface area contributed by atoms with E-state index in [0.717, 1.165) is 0 Å². The zero-order valence-corrected chi connectivity index (χ0v) is 16.2. The van der Waals surface area contributed by atoms with Crippen molar-refractivity contribution in [3.8, 4) is 0 Å². The topological polar surface area (TPSA) is 145 Å². The van der Waals surface area contributed by atoms with Crippen LogP contribution in [0.15, 0.2) is 0 Å². The van der Waals surface area contributed by atoms with Gasteiger partial charge in [-0.1, -0.05) is 15.5 Å². The van der Waals surface area contributed by atoms with Gasteiger partial charge in [0.25, 0.3) is 0 Å². The molecule has 0 aromatic rings. The molecule has 0 aliphatic heterocycles. The second-order valence-corrected chi connectivity index (χ2v) is 4.20. The Hall–Kier alpha value is 1.96. The summed E-state index contributed by atoms with van der Waals surface area (Å²) < 4.78 is 28.5. The number of rotatable bonds is 9. The third-order valence-corrected chi connectivity index (χ3v) is 2.50. The summed E-state index contributed by atoms with van der Waals surface area (Å²) in [5, 5.41) is 9.41. The van der Waals surface area contributed by atoms with Crippen LogP contribution in [0.5, 0.6) is 0 Å². The van der Waals surface area contributed by atoms with E-state index in [9.17, 15) is 24.0 Å². The smallest absolute Gasteiger partial charge is 0.566 e. The van der Waals surface area contributed by atoms with Crippen molar-refractivity contribution in [3.63, 3.8) is 0 Å². The average molecular weight is 319 g/mol. The fourth-order valence-corrected chi connectivity index (χ4v) is 1.79. The van der Waals surface area contributed by atoms with Gasteiger partial charge in [-0.3, -0.25) is 0 Å². The molecule has 0 heterocycles. The number of aliphatic hydroxyl groups is 1. The third-order valence-electron chi connectivity index (χ3n) is 1.63. The van der Waals surface area contributed by atoms with E-state index in [2.05, 4.69) is 9.05 Å². The maximum atomic E-state index is 10.2. The average Bonchev–Trinajstić information content (AvgIpc) is 2.09. The molecule has 0 spiro atoms. The molecule has 2 atom stereocenters. The van der Waals surface area contributed by atoms with Crippen molar-refractivity contribution >= 4 is 16.5 Å². The second kappa shape index (κ2) is 13.9. The first-order chi connectivity index (χ1) is 7.39. The predicted molar refractivity (Wildman–Crippen MR) is 49.9 cm³/mol. The molecule has 0 aliphatic carbocycles. The summed E-state index contributed by atoms with van der Waals surface area (Å²) in [7, 11) is -6.82. The Kier molecular flexibility index (Phi) is 19.3. The van der Waals surface area contributed by atoms with Crippen LogP contribution in [0.4, 0.5) is 0 Å². The first kappa shape index (κ1) is 24.9. The Morgan fingerprint density at radius 2 is 1.50 bits per heavy atom. The maximum absolute atomic E-state index is 10.2. The van der Waals surface area contributed by atoms with E-state index >= 15 is 0 Å². The molecule has 0 aromatic carbocycles. The fraction of sp³-hybridized carbons (Fsp3) is 1.00. The van der Waals surface area contributed by atoms with Crippen LogP contribution >= 0.6 is 16.5 Å².